The highest BCUT2D eigenvalue weighted by Gasteiger charge is 1.87. The molecule has 0 saturated carbocycles. The number of carbonyl (C=O) groups is 1. The van der Waals surface area contributed by atoms with Gasteiger partial charge in [-0.1, -0.05) is 0 Å². The second-order valence-corrected chi connectivity index (χ2v) is 1.92. The fourth-order valence-corrected chi connectivity index (χ4v) is 0.432. The van der Waals surface area contributed by atoms with Crippen molar-refractivity contribution < 1.29 is 4.79 Å². The molecule has 0 saturated heterocycles. The summed E-state index contributed by atoms with van der Waals surface area (Å²) in [6.45, 7) is 0. The number of rotatable bonds is 3. The monoisotopic (exact) mass is 128 g/mol. The van der Waals surface area contributed by atoms with Crippen LogP contribution in [0.5, 0.6) is 0 Å². The maximum Gasteiger partial charge on any atom is 0.167 e. The van der Waals surface area contributed by atoms with Gasteiger partial charge in [0, 0.05) is 27.3 Å². The Balaban J connectivity index is 3.90. The molecule has 0 spiro atoms. The Morgan fingerprint density at radius 2 is 2.11 bits per heavy atom. The Morgan fingerprint density at radius 1 is 1.56 bits per heavy atom. The molecule has 0 bridgehead atoms. The van der Waals surface area contributed by atoms with E-state index in [-0.39, 0.29) is 0 Å². The van der Waals surface area contributed by atoms with Crippen LogP contribution in [-0.4, -0.2) is 32.3 Å². The van der Waals surface area contributed by atoms with Gasteiger partial charge in [-0.25, -0.2) is 0 Å². The summed E-state index contributed by atoms with van der Waals surface area (Å²) in [4.78, 5) is 11.9. The lowest BCUT2D eigenvalue weighted by Gasteiger charge is -2.05. The van der Waals surface area contributed by atoms with Crippen LogP contribution in [0, 0.1) is 0 Å². The predicted molar refractivity (Wildman–Crippen MR) is 36.9 cm³/mol. The SMILES string of the molecule is CN/C(C=O)=C/N(C)C. The van der Waals surface area contributed by atoms with E-state index >= 15 is 0 Å². The van der Waals surface area contributed by atoms with Crippen molar-refractivity contribution in [2.24, 2.45) is 0 Å². The molecule has 0 radical (unpaired) electrons. The minimum absolute atomic E-state index is 0.583. The van der Waals surface area contributed by atoms with Gasteiger partial charge in [0.1, 0.15) is 0 Å². The predicted octanol–water partition coefficient (Wildman–Crippen LogP) is -0.192. The van der Waals surface area contributed by atoms with Crippen LogP contribution in [0.25, 0.3) is 0 Å². The average molecular weight is 128 g/mol. The maximum absolute atomic E-state index is 10.1. The molecular weight excluding hydrogens is 116 g/mol. The van der Waals surface area contributed by atoms with E-state index in [1.807, 2.05) is 14.1 Å². The number of carbonyl (C=O) groups excluding carboxylic acids is 1. The molecule has 0 aromatic carbocycles. The minimum Gasteiger partial charge on any atom is -0.384 e. The van der Waals surface area contributed by atoms with E-state index < -0.39 is 0 Å². The second kappa shape index (κ2) is 3.95. The molecule has 3 nitrogen and oxygen atoms in total. The van der Waals surface area contributed by atoms with Crippen molar-refractivity contribution in [1.82, 2.24) is 10.2 Å². The molecule has 0 atom stereocenters. The van der Waals surface area contributed by atoms with E-state index in [2.05, 4.69) is 5.32 Å². The van der Waals surface area contributed by atoms with E-state index in [1.54, 1.807) is 18.1 Å². The average Bonchev–Trinajstić information content (AvgIpc) is 1.82. The van der Waals surface area contributed by atoms with Crippen molar-refractivity contribution in [3.05, 3.63) is 11.9 Å². The zero-order chi connectivity index (χ0) is 7.28. The number of likely N-dealkylation sites (N-methyl/N-ethyl adjacent to an activating group) is 1. The van der Waals surface area contributed by atoms with E-state index in [9.17, 15) is 4.79 Å². The first-order valence-corrected chi connectivity index (χ1v) is 2.72. The third-order valence-electron chi connectivity index (χ3n) is 0.813. The lowest BCUT2D eigenvalue weighted by molar-refractivity contribution is -0.105. The molecular formula is C6H12N2O. The standard InChI is InChI=1S/C6H12N2O/c1-7-6(5-9)4-8(2)3/h4-5,7H,1-3H3/b6-4+. The third kappa shape index (κ3) is 3.58. The number of hydrogen-bond acceptors (Lipinski definition) is 3. The normalized spacial score (nSPS) is 10.8. The van der Waals surface area contributed by atoms with Crippen LogP contribution in [0.4, 0.5) is 0 Å². The summed E-state index contributed by atoms with van der Waals surface area (Å²) in [5.41, 5.74) is 0.583. The zero-order valence-electron chi connectivity index (χ0n) is 6.01. The molecule has 0 aliphatic rings. The van der Waals surface area contributed by atoms with E-state index in [0.29, 0.717) is 5.70 Å². The summed E-state index contributed by atoms with van der Waals surface area (Å²) < 4.78 is 0. The molecule has 0 unspecified atom stereocenters. The topological polar surface area (TPSA) is 32.3 Å². The van der Waals surface area contributed by atoms with Crippen LogP contribution in [0.3, 0.4) is 0 Å². The molecule has 52 valence electrons. The van der Waals surface area contributed by atoms with Gasteiger partial charge < -0.3 is 10.2 Å². The van der Waals surface area contributed by atoms with Crippen LogP contribution in [0.15, 0.2) is 11.9 Å². The number of nitrogens with one attached hydrogen (secondary N) is 1. The number of nitrogens with zero attached hydrogens (tertiary/aromatic N) is 1. The highest BCUT2D eigenvalue weighted by molar-refractivity contribution is 5.71. The highest BCUT2D eigenvalue weighted by atomic mass is 16.1. The second-order valence-electron chi connectivity index (χ2n) is 1.92. The lowest BCUT2D eigenvalue weighted by atomic mass is 10.5. The van der Waals surface area contributed by atoms with Gasteiger partial charge in [0.15, 0.2) is 6.29 Å². The Bertz CT molecular complexity index is 118. The first-order valence-electron chi connectivity index (χ1n) is 2.72. The van der Waals surface area contributed by atoms with Crippen LogP contribution in [-0.2, 0) is 4.79 Å². The number of allylic oxidation sites excluding steroid dienone is 1. The Hall–Kier alpha value is -0.990. The van der Waals surface area contributed by atoms with Gasteiger partial charge in [0.25, 0.3) is 0 Å². The fraction of sp³-hybridized carbons (Fsp3) is 0.500. The molecule has 0 aliphatic heterocycles. The molecule has 0 amide bonds. The molecule has 1 N–H and O–H groups in total. The molecule has 0 aromatic heterocycles. The van der Waals surface area contributed by atoms with Crippen molar-refractivity contribution >= 4 is 6.29 Å². The molecule has 0 rings (SSSR count). The lowest BCUT2D eigenvalue weighted by Crippen LogP contribution is -2.12. The largest absolute Gasteiger partial charge is 0.384 e. The quantitative estimate of drug-likeness (QED) is 0.422. The minimum atomic E-state index is 0.583. The molecule has 0 fully saturated rings. The van der Waals surface area contributed by atoms with Gasteiger partial charge in [0.05, 0.1) is 5.70 Å². The van der Waals surface area contributed by atoms with Crippen molar-refractivity contribution in [1.29, 1.82) is 0 Å². The molecule has 3 heteroatoms. The molecule has 0 aliphatic carbocycles. The van der Waals surface area contributed by atoms with Gasteiger partial charge in [-0.2, -0.15) is 0 Å². The van der Waals surface area contributed by atoms with Crippen molar-refractivity contribution in [2.75, 3.05) is 21.1 Å². The maximum atomic E-state index is 10.1. The molecule has 9 heavy (non-hydrogen) atoms. The van der Waals surface area contributed by atoms with Gasteiger partial charge in [-0.05, 0) is 0 Å². The third-order valence-corrected chi connectivity index (χ3v) is 0.813. The number of hydrogen-bond donors (Lipinski definition) is 1. The summed E-state index contributed by atoms with van der Waals surface area (Å²) in [5, 5.41) is 2.73. The summed E-state index contributed by atoms with van der Waals surface area (Å²) in [6.07, 6.45) is 2.49. The first kappa shape index (κ1) is 8.01. The van der Waals surface area contributed by atoms with Gasteiger partial charge in [-0.15, -0.1) is 0 Å². The molecule has 0 heterocycles. The summed E-state index contributed by atoms with van der Waals surface area (Å²) in [6, 6.07) is 0. The summed E-state index contributed by atoms with van der Waals surface area (Å²) >= 11 is 0. The van der Waals surface area contributed by atoms with E-state index in [0.717, 1.165) is 6.29 Å². The van der Waals surface area contributed by atoms with E-state index in [4.69, 9.17) is 0 Å². The van der Waals surface area contributed by atoms with Crippen LogP contribution >= 0.6 is 0 Å². The number of aldehydes is 1. The Kier molecular flexibility index (Phi) is 3.51. The van der Waals surface area contributed by atoms with Crippen LogP contribution in [0.1, 0.15) is 0 Å². The Morgan fingerprint density at radius 3 is 2.22 bits per heavy atom. The van der Waals surface area contributed by atoms with E-state index in [1.165, 1.54) is 0 Å². The van der Waals surface area contributed by atoms with Crippen molar-refractivity contribution in [2.45, 2.75) is 0 Å². The van der Waals surface area contributed by atoms with Gasteiger partial charge in [-0.3, -0.25) is 4.79 Å². The summed E-state index contributed by atoms with van der Waals surface area (Å²) in [7, 11) is 5.44. The van der Waals surface area contributed by atoms with Gasteiger partial charge in [0.2, 0.25) is 0 Å². The zero-order valence-corrected chi connectivity index (χ0v) is 6.01. The summed E-state index contributed by atoms with van der Waals surface area (Å²) in [5.74, 6) is 0. The van der Waals surface area contributed by atoms with Crippen LogP contribution in [0.2, 0.25) is 0 Å². The molecule has 0 aromatic rings. The van der Waals surface area contributed by atoms with Crippen molar-refractivity contribution in [3.8, 4) is 0 Å². The first-order chi connectivity index (χ1) is 4.20. The van der Waals surface area contributed by atoms with Crippen molar-refractivity contribution in [3.63, 3.8) is 0 Å². The highest BCUT2D eigenvalue weighted by Crippen LogP contribution is 1.82. The van der Waals surface area contributed by atoms with Crippen LogP contribution < -0.4 is 5.32 Å². The van der Waals surface area contributed by atoms with Gasteiger partial charge >= 0.3 is 0 Å². The Labute approximate surface area is 55.3 Å². The smallest absolute Gasteiger partial charge is 0.167 e. The fourth-order valence-electron chi connectivity index (χ4n) is 0.432.